The van der Waals surface area contributed by atoms with Gasteiger partial charge in [0.1, 0.15) is 5.82 Å². The van der Waals surface area contributed by atoms with E-state index in [0.717, 1.165) is 12.8 Å². The van der Waals surface area contributed by atoms with E-state index in [0.29, 0.717) is 18.4 Å². The van der Waals surface area contributed by atoms with E-state index in [2.05, 4.69) is 10.4 Å². The molecule has 1 saturated carbocycles. The van der Waals surface area contributed by atoms with Crippen LogP contribution in [0.2, 0.25) is 0 Å². The molecule has 0 unspecified atom stereocenters. The molecule has 0 aliphatic heterocycles. The topological polar surface area (TPSA) is 90.0 Å². The lowest BCUT2D eigenvalue weighted by Crippen LogP contribution is -2.23. The lowest BCUT2D eigenvalue weighted by molar-refractivity contribution is 0.460. The molecule has 6 nitrogen and oxygen atoms in total. The van der Waals surface area contributed by atoms with E-state index in [-0.39, 0.29) is 10.7 Å². The fraction of sp³-hybridized carbons (Fsp3) is 0.750. The Morgan fingerprint density at radius 3 is 2.53 bits per heavy atom. The molecule has 1 aromatic heterocycles. The third-order valence-electron chi connectivity index (χ3n) is 3.56. The van der Waals surface area contributed by atoms with Gasteiger partial charge in [0.15, 0.2) is 20.6 Å². The molecule has 7 heteroatoms. The number of aryl methyl sites for hydroxylation is 1. The summed E-state index contributed by atoms with van der Waals surface area (Å²) < 4.78 is 25.3. The molecule has 2 rings (SSSR count). The number of hydrogen-bond acceptors (Lipinski definition) is 5. The fourth-order valence-electron chi connectivity index (χ4n) is 2.60. The lowest BCUT2D eigenvalue weighted by atomic mass is 9.95. The van der Waals surface area contributed by atoms with Crippen molar-refractivity contribution < 1.29 is 8.42 Å². The molecule has 0 bridgehead atoms. The minimum absolute atomic E-state index is 0.139. The Balaban J connectivity index is 2.33. The third kappa shape index (κ3) is 3.02. The van der Waals surface area contributed by atoms with Crippen LogP contribution < -0.4 is 11.1 Å². The molecule has 0 radical (unpaired) electrons. The molecule has 108 valence electrons. The highest BCUT2D eigenvalue weighted by molar-refractivity contribution is 7.91. The SMILES string of the molecule is CCn1nc(NC2CCCCC2)c(S(C)(=O)=O)c1N. The molecular weight excluding hydrogens is 264 g/mol. The Labute approximate surface area is 114 Å². The summed E-state index contributed by atoms with van der Waals surface area (Å²) in [4.78, 5) is 0.139. The molecule has 1 aliphatic carbocycles. The zero-order valence-corrected chi connectivity index (χ0v) is 12.3. The zero-order chi connectivity index (χ0) is 14.0. The Morgan fingerprint density at radius 1 is 1.37 bits per heavy atom. The summed E-state index contributed by atoms with van der Waals surface area (Å²) in [5, 5.41) is 7.55. The van der Waals surface area contributed by atoms with Crippen molar-refractivity contribution >= 4 is 21.5 Å². The van der Waals surface area contributed by atoms with Crippen LogP contribution in [0.5, 0.6) is 0 Å². The van der Waals surface area contributed by atoms with Crippen molar-refractivity contribution in [2.24, 2.45) is 0 Å². The maximum Gasteiger partial charge on any atom is 0.182 e. The normalized spacial score (nSPS) is 17.6. The Kier molecular flexibility index (Phi) is 4.03. The number of nitrogens with zero attached hydrogens (tertiary/aromatic N) is 2. The molecule has 0 spiro atoms. The van der Waals surface area contributed by atoms with Gasteiger partial charge in [0.05, 0.1) is 0 Å². The molecule has 1 fully saturated rings. The molecule has 3 N–H and O–H groups in total. The summed E-state index contributed by atoms with van der Waals surface area (Å²) in [7, 11) is -3.38. The molecule has 0 amide bonds. The van der Waals surface area contributed by atoms with E-state index >= 15 is 0 Å². The second-order valence-corrected chi connectivity index (χ2v) is 7.08. The number of aromatic nitrogens is 2. The minimum atomic E-state index is -3.38. The molecular formula is C12H22N4O2S. The van der Waals surface area contributed by atoms with Crippen molar-refractivity contribution in [2.45, 2.75) is 56.5 Å². The third-order valence-corrected chi connectivity index (χ3v) is 4.71. The predicted octanol–water partition coefficient (Wildman–Crippen LogP) is 1.63. The minimum Gasteiger partial charge on any atom is -0.383 e. The Hall–Kier alpha value is -1.24. The number of nitrogen functional groups attached to an aromatic ring is 1. The van der Waals surface area contributed by atoms with Crippen molar-refractivity contribution in [3.63, 3.8) is 0 Å². The number of rotatable bonds is 4. The van der Waals surface area contributed by atoms with Gasteiger partial charge >= 0.3 is 0 Å². The monoisotopic (exact) mass is 286 g/mol. The Bertz CT molecular complexity index is 544. The van der Waals surface area contributed by atoms with Crippen molar-refractivity contribution in [1.29, 1.82) is 0 Å². The van der Waals surface area contributed by atoms with Gasteiger partial charge in [-0.1, -0.05) is 19.3 Å². The van der Waals surface area contributed by atoms with Gasteiger partial charge in [-0.3, -0.25) is 0 Å². The van der Waals surface area contributed by atoms with Gasteiger partial charge in [-0.15, -0.1) is 0 Å². The first-order chi connectivity index (χ1) is 8.93. The molecule has 1 aliphatic rings. The van der Waals surface area contributed by atoms with Gasteiger partial charge in [0.25, 0.3) is 0 Å². The molecule has 0 atom stereocenters. The summed E-state index contributed by atoms with van der Waals surface area (Å²) in [6.45, 7) is 2.44. The van der Waals surface area contributed by atoms with Crippen LogP contribution in [0, 0.1) is 0 Å². The van der Waals surface area contributed by atoms with Gasteiger partial charge in [0, 0.05) is 18.8 Å². The first kappa shape index (κ1) is 14.2. The van der Waals surface area contributed by atoms with Crippen LogP contribution in [0.1, 0.15) is 39.0 Å². The Morgan fingerprint density at radius 2 is 2.00 bits per heavy atom. The van der Waals surface area contributed by atoms with Crippen LogP contribution >= 0.6 is 0 Å². The summed E-state index contributed by atoms with van der Waals surface area (Å²) in [6, 6.07) is 0.300. The van der Waals surface area contributed by atoms with Gasteiger partial charge in [-0.25, -0.2) is 13.1 Å². The van der Waals surface area contributed by atoms with E-state index in [1.54, 1.807) is 0 Å². The van der Waals surface area contributed by atoms with Gasteiger partial charge in [-0.2, -0.15) is 5.10 Å². The first-order valence-corrected chi connectivity index (χ1v) is 8.65. The van der Waals surface area contributed by atoms with Crippen LogP contribution in [0.3, 0.4) is 0 Å². The summed E-state index contributed by atoms with van der Waals surface area (Å²) in [5.41, 5.74) is 5.89. The maximum atomic E-state index is 11.9. The second-order valence-electron chi connectivity index (χ2n) is 5.13. The molecule has 1 heterocycles. The van der Waals surface area contributed by atoms with Crippen molar-refractivity contribution in [3.8, 4) is 0 Å². The van der Waals surface area contributed by atoms with Gasteiger partial charge < -0.3 is 11.1 Å². The number of anilines is 2. The van der Waals surface area contributed by atoms with Gasteiger partial charge in [0.2, 0.25) is 0 Å². The highest BCUT2D eigenvalue weighted by Crippen LogP contribution is 2.29. The maximum absolute atomic E-state index is 11.9. The van der Waals surface area contributed by atoms with E-state index in [9.17, 15) is 8.42 Å². The average Bonchev–Trinajstić information content (AvgIpc) is 2.66. The summed E-state index contributed by atoms with van der Waals surface area (Å²) in [6.07, 6.45) is 6.89. The van der Waals surface area contributed by atoms with E-state index in [4.69, 9.17) is 5.73 Å². The van der Waals surface area contributed by atoms with Crippen LogP contribution in [-0.2, 0) is 16.4 Å². The molecule has 19 heavy (non-hydrogen) atoms. The summed E-state index contributed by atoms with van der Waals surface area (Å²) >= 11 is 0. The standard InChI is InChI=1S/C12H22N4O2S/c1-3-16-11(13)10(19(2,17)18)12(15-16)14-9-7-5-4-6-8-9/h9H,3-8,13H2,1-2H3,(H,14,15). The lowest BCUT2D eigenvalue weighted by Gasteiger charge is -2.22. The first-order valence-electron chi connectivity index (χ1n) is 6.76. The van der Waals surface area contributed by atoms with Crippen LogP contribution in [0.15, 0.2) is 4.90 Å². The van der Waals surface area contributed by atoms with Crippen LogP contribution in [-0.4, -0.2) is 30.5 Å². The fourth-order valence-corrected chi connectivity index (χ4v) is 3.54. The van der Waals surface area contributed by atoms with E-state index in [1.165, 1.54) is 30.2 Å². The van der Waals surface area contributed by atoms with E-state index in [1.807, 2.05) is 6.92 Å². The highest BCUT2D eigenvalue weighted by atomic mass is 32.2. The molecule has 0 aromatic carbocycles. The zero-order valence-electron chi connectivity index (χ0n) is 11.5. The predicted molar refractivity (Wildman–Crippen MR) is 75.9 cm³/mol. The smallest absolute Gasteiger partial charge is 0.182 e. The van der Waals surface area contributed by atoms with Crippen molar-refractivity contribution in [2.75, 3.05) is 17.3 Å². The average molecular weight is 286 g/mol. The largest absolute Gasteiger partial charge is 0.383 e. The van der Waals surface area contributed by atoms with Crippen LogP contribution in [0.25, 0.3) is 0 Å². The van der Waals surface area contributed by atoms with E-state index < -0.39 is 9.84 Å². The number of hydrogen-bond donors (Lipinski definition) is 2. The van der Waals surface area contributed by atoms with Gasteiger partial charge in [-0.05, 0) is 19.8 Å². The van der Waals surface area contributed by atoms with Crippen molar-refractivity contribution in [3.05, 3.63) is 0 Å². The highest BCUT2D eigenvalue weighted by Gasteiger charge is 2.25. The summed E-state index contributed by atoms with van der Waals surface area (Å²) in [5.74, 6) is 0.636. The quantitative estimate of drug-likeness (QED) is 0.878. The second kappa shape index (κ2) is 5.40. The number of nitrogens with one attached hydrogen (secondary N) is 1. The number of nitrogens with two attached hydrogens (primary N) is 1. The molecule has 1 aromatic rings. The van der Waals surface area contributed by atoms with Crippen LogP contribution in [0.4, 0.5) is 11.6 Å². The number of sulfone groups is 1. The van der Waals surface area contributed by atoms with Crippen molar-refractivity contribution in [1.82, 2.24) is 9.78 Å². The molecule has 0 saturated heterocycles.